The molecule has 1 saturated carbocycles. The van der Waals surface area contributed by atoms with E-state index < -0.39 is 0 Å². The monoisotopic (exact) mass is 106 g/mol. The molecule has 0 heteroatoms. The largest absolute Gasteiger partial charge is 0.0816 e. The Balaban J connectivity index is 2.13. The van der Waals surface area contributed by atoms with Crippen molar-refractivity contribution in [2.24, 2.45) is 17.8 Å². The molecule has 3 aliphatic rings. The van der Waals surface area contributed by atoms with Gasteiger partial charge in [0, 0.05) is 0 Å². The number of hydrogen-bond donors (Lipinski definition) is 0. The van der Waals surface area contributed by atoms with Crippen LogP contribution in [0.2, 0.25) is 0 Å². The Morgan fingerprint density at radius 2 is 2.50 bits per heavy atom. The highest BCUT2D eigenvalue weighted by atomic mass is 14.6. The highest BCUT2D eigenvalue weighted by Gasteiger charge is 2.51. The third-order valence-corrected chi connectivity index (χ3v) is 3.06. The Bertz CT molecular complexity index is 167. The normalized spacial score (nSPS) is 56.0. The van der Waals surface area contributed by atoms with E-state index >= 15 is 0 Å². The second kappa shape index (κ2) is 0.896. The van der Waals surface area contributed by atoms with E-state index in [1.54, 1.807) is 6.42 Å². The summed E-state index contributed by atoms with van der Waals surface area (Å²) in [6.07, 6.45) is 7.04. The lowest BCUT2D eigenvalue weighted by Crippen LogP contribution is -1.96. The fourth-order valence-electron chi connectivity index (χ4n) is 2.54. The third kappa shape index (κ3) is 0.249. The number of rotatable bonds is 0. The number of allylic oxidation sites excluding steroid dienone is 2. The molecule has 2 bridgehead atoms. The molecule has 0 aromatic rings. The van der Waals surface area contributed by atoms with E-state index in [4.69, 9.17) is 0 Å². The van der Waals surface area contributed by atoms with Crippen molar-refractivity contribution in [3.63, 3.8) is 0 Å². The van der Waals surface area contributed by atoms with Crippen LogP contribution in [0.5, 0.6) is 0 Å². The Hall–Kier alpha value is -0.260. The summed E-state index contributed by atoms with van der Waals surface area (Å²) in [6, 6.07) is 0. The van der Waals surface area contributed by atoms with Crippen LogP contribution in [0.15, 0.2) is 11.6 Å². The Morgan fingerprint density at radius 1 is 1.50 bits per heavy atom. The summed E-state index contributed by atoms with van der Waals surface area (Å²) in [7, 11) is 0. The zero-order valence-electron chi connectivity index (χ0n) is 4.93. The highest BCUT2D eigenvalue weighted by molar-refractivity contribution is 5.30. The number of hydrogen-bond acceptors (Lipinski definition) is 0. The van der Waals surface area contributed by atoms with E-state index in [2.05, 4.69) is 6.08 Å². The van der Waals surface area contributed by atoms with Gasteiger partial charge in [0.25, 0.3) is 0 Å². The summed E-state index contributed by atoms with van der Waals surface area (Å²) in [5.74, 6) is 3.31. The minimum Gasteiger partial charge on any atom is -0.0816 e. The maximum Gasteiger partial charge on any atom is -0.0166 e. The summed E-state index contributed by atoms with van der Waals surface area (Å²) < 4.78 is 0. The minimum absolute atomic E-state index is 1.05. The molecule has 0 saturated heterocycles. The molecule has 3 rings (SSSR count). The SMILES string of the molecule is C1=C2CCC1C1C[C@@H]21. The predicted molar refractivity (Wildman–Crippen MR) is 32.4 cm³/mol. The summed E-state index contributed by atoms with van der Waals surface area (Å²) in [5.41, 5.74) is 1.82. The second-order valence-corrected chi connectivity index (χ2v) is 3.45. The molecular weight excluding hydrogens is 96.1 g/mol. The Morgan fingerprint density at radius 3 is 3.00 bits per heavy atom. The van der Waals surface area contributed by atoms with Gasteiger partial charge in [-0.15, -0.1) is 0 Å². The lowest BCUT2D eigenvalue weighted by molar-refractivity contribution is 0.514. The molecule has 0 aromatic heterocycles. The minimum atomic E-state index is 1.05. The first-order chi connectivity index (χ1) is 3.95. The first-order valence-corrected chi connectivity index (χ1v) is 3.66. The van der Waals surface area contributed by atoms with Gasteiger partial charge in [-0.05, 0) is 37.0 Å². The quantitative estimate of drug-likeness (QED) is 0.414. The molecule has 0 amide bonds. The molecule has 0 aliphatic heterocycles. The third-order valence-electron chi connectivity index (χ3n) is 3.06. The molecule has 0 aromatic carbocycles. The lowest BCUT2D eigenvalue weighted by Gasteiger charge is -2.05. The number of fused-ring (bicyclic) bond motifs is 4. The average molecular weight is 106 g/mol. The average Bonchev–Trinajstić information content (AvgIpc) is 2.39. The van der Waals surface area contributed by atoms with Gasteiger partial charge in [-0.25, -0.2) is 0 Å². The Labute approximate surface area is 49.6 Å². The van der Waals surface area contributed by atoms with Gasteiger partial charge < -0.3 is 0 Å². The van der Waals surface area contributed by atoms with Gasteiger partial charge in [-0.3, -0.25) is 0 Å². The zero-order chi connectivity index (χ0) is 5.14. The van der Waals surface area contributed by atoms with E-state index in [0.717, 1.165) is 17.8 Å². The van der Waals surface area contributed by atoms with Crippen LogP contribution in [0.3, 0.4) is 0 Å². The molecule has 0 radical (unpaired) electrons. The fraction of sp³-hybridized carbons (Fsp3) is 0.750. The van der Waals surface area contributed by atoms with Crippen LogP contribution in [0.4, 0.5) is 0 Å². The van der Waals surface area contributed by atoms with Gasteiger partial charge in [0.1, 0.15) is 0 Å². The van der Waals surface area contributed by atoms with Crippen LogP contribution >= 0.6 is 0 Å². The van der Waals surface area contributed by atoms with Crippen LogP contribution in [-0.2, 0) is 0 Å². The van der Waals surface area contributed by atoms with Crippen molar-refractivity contribution in [3.8, 4) is 0 Å². The topological polar surface area (TPSA) is 0 Å². The van der Waals surface area contributed by atoms with Gasteiger partial charge in [-0.2, -0.15) is 0 Å². The van der Waals surface area contributed by atoms with Crippen molar-refractivity contribution in [2.75, 3.05) is 0 Å². The van der Waals surface area contributed by atoms with E-state index in [1.807, 2.05) is 5.57 Å². The molecule has 0 nitrogen and oxygen atoms in total. The van der Waals surface area contributed by atoms with Crippen LogP contribution < -0.4 is 0 Å². The van der Waals surface area contributed by atoms with Crippen LogP contribution in [0, 0.1) is 17.8 Å². The van der Waals surface area contributed by atoms with Gasteiger partial charge in [0.05, 0.1) is 0 Å². The second-order valence-electron chi connectivity index (χ2n) is 3.45. The molecule has 0 heterocycles. The summed E-state index contributed by atoms with van der Waals surface area (Å²) >= 11 is 0. The van der Waals surface area contributed by atoms with Crippen molar-refractivity contribution < 1.29 is 0 Å². The van der Waals surface area contributed by atoms with Crippen molar-refractivity contribution in [2.45, 2.75) is 19.3 Å². The standard InChI is InChI=1S/C8H10/c1-2-6-3-5(1)7-4-8(6)7/h3,5,7-8H,1-2,4H2/t5?,7?,8-/m0/s1. The first kappa shape index (κ1) is 3.71. The molecule has 8 heavy (non-hydrogen) atoms. The van der Waals surface area contributed by atoms with Gasteiger partial charge in [0.2, 0.25) is 0 Å². The van der Waals surface area contributed by atoms with Crippen molar-refractivity contribution in [3.05, 3.63) is 11.6 Å². The summed E-state index contributed by atoms with van der Waals surface area (Å²) in [6.45, 7) is 0. The van der Waals surface area contributed by atoms with Crippen LogP contribution in [0.25, 0.3) is 0 Å². The highest BCUT2D eigenvalue weighted by Crippen LogP contribution is 2.61. The van der Waals surface area contributed by atoms with E-state index in [0.29, 0.717) is 0 Å². The van der Waals surface area contributed by atoms with Crippen molar-refractivity contribution >= 4 is 0 Å². The van der Waals surface area contributed by atoms with E-state index in [1.165, 1.54) is 12.8 Å². The molecule has 0 spiro atoms. The summed E-state index contributed by atoms with van der Waals surface area (Å²) in [5, 5.41) is 0. The molecule has 3 aliphatic carbocycles. The van der Waals surface area contributed by atoms with Gasteiger partial charge in [0.15, 0.2) is 0 Å². The summed E-state index contributed by atoms with van der Waals surface area (Å²) in [4.78, 5) is 0. The molecular formula is C8H10. The lowest BCUT2D eigenvalue weighted by atomic mass is 9.99. The Kier molecular flexibility index (Phi) is 0.415. The van der Waals surface area contributed by atoms with Crippen LogP contribution in [0.1, 0.15) is 19.3 Å². The first-order valence-electron chi connectivity index (χ1n) is 3.66. The maximum atomic E-state index is 2.54. The fourth-order valence-corrected chi connectivity index (χ4v) is 2.54. The van der Waals surface area contributed by atoms with Crippen molar-refractivity contribution in [1.82, 2.24) is 0 Å². The molecule has 42 valence electrons. The predicted octanol–water partition coefficient (Wildman–Crippen LogP) is 1.97. The van der Waals surface area contributed by atoms with Gasteiger partial charge in [-0.1, -0.05) is 11.6 Å². The van der Waals surface area contributed by atoms with Gasteiger partial charge >= 0.3 is 0 Å². The maximum absolute atomic E-state index is 2.54. The van der Waals surface area contributed by atoms with Crippen LogP contribution in [-0.4, -0.2) is 0 Å². The molecule has 3 atom stereocenters. The van der Waals surface area contributed by atoms with Crippen molar-refractivity contribution in [1.29, 1.82) is 0 Å². The molecule has 2 unspecified atom stereocenters. The van der Waals surface area contributed by atoms with E-state index in [9.17, 15) is 0 Å². The zero-order valence-corrected chi connectivity index (χ0v) is 4.93. The molecule has 0 N–H and O–H groups in total. The smallest absolute Gasteiger partial charge is 0.0166 e. The molecule has 1 fully saturated rings. The van der Waals surface area contributed by atoms with E-state index in [-0.39, 0.29) is 0 Å².